The first-order valence-corrected chi connectivity index (χ1v) is 18.3. The van der Waals surface area contributed by atoms with Crippen LogP contribution in [0.1, 0.15) is 83.3 Å². The molecule has 5 amide bonds. The van der Waals surface area contributed by atoms with Crippen LogP contribution < -0.4 is 31.0 Å². The average molecular weight is 744 g/mol. The van der Waals surface area contributed by atoms with Crippen LogP contribution in [-0.4, -0.2) is 95.8 Å². The van der Waals surface area contributed by atoms with Crippen LogP contribution in [-0.2, 0) is 28.0 Å². The third kappa shape index (κ3) is 9.13. The number of rotatable bonds is 18. The number of imide groups is 2. The molecule has 0 spiro atoms. The quantitative estimate of drug-likeness (QED) is 0.129. The molecule has 0 saturated carbocycles. The number of ether oxygens (including phenoxy) is 2. The van der Waals surface area contributed by atoms with Gasteiger partial charge in [-0.25, -0.2) is 4.98 Å². The van der Waals surface area contributed by atoms with Gasteiger partial charge >= 0.3 is 0 Å². The summed E-state index contributed by atoms with van der Waals surface area (Å²) in [6.45, 7) is 3.49. The van der Waals surface area contributed by atoms with Crippen LogP contribution in [0.2, 0.25) is 0 Å². The number of fused-ring (bicyclic) bond motifs is 1. The second-order valence-electron chi connectivity index (χ2n) is 13.7. The van der Waals surface area contributed by atoms with E-state index in [9.17, 15) is 28.8 Å². The third-order valence-corrected chi connectivity index (χ3v) is 9.69. The van der Waals surface area contributed by atoms with Gasteiger partial charge in [0.05, 0.1) is 43.1 Å². The van der Waals surface area contributed by atoms with Crippen LogP contribution >= 0.6 is 0 Å². The number of anilines is 1. The molecule has 0 aliphatic carbocycles. The lowest BCUT2D eigenvalue weighted by molar-refractivity contribution is -0.136. The Bertz CT molecular complexity index is 1930. The van der Waals surface area contributed by atoms with Gasteiger partial charge in [0.2, 0.25) is 17.7 Å². The maximum Gasteiger partial charge on any atom is 0.271 e. The number of aryl methyl sites for hydroxylation is 2. The number of carbonyl (C=O) groups is 5. The highest BCUT2D eigenvalue weighted by atomic mass is 16.5. The van der Waals surface area contributed by atoms with Gasteiger partial charge in [0.25, 0.3) is 17.4 Å². The van der Waals surface area contributed by atoms with Crippen molar-refractivity contribution in [2.75, 3.05) is 46.2 Å². The van der Waals surface area contributed by atoms with E-state index in [-0.39, 0.29) is 42.0 Å². The summed E-state index contributed by atoms with van der Waals surface area (Å²) < 4.78 is 12.9. The monoisotopic (exact) mass is 743 g/mol. The van der Waals surface area contributed by atoms with Crippen molar-refractivity contribution in [2.24, 2.45) is 7.05 Å². The van der Waals surface area contributed by atoms with Crippen molar-refractivity contribution in [3.63, 3.8) is 0 Å². The Labute approximate surface area is 314 Å². The fraction of sp³-hybridized carbons (Fsp3) is 0.462. The van der Waals surface area contributed by atoms with Crippen LogP contribution in [0.5, 0.6) is 11.5 Å². The van der Waals surface area contributed by atoms with Gasteiger partial charge in [-0.2, -0.15) is 0 Å². The number of nitrogens with zero attached hydrogens (tertiary/aromatic N) is 4. The first kappa shape index (κ1) is 39.6. The predicted molar refractivity (Wildman–Crippen MR) is 201 cm³/mol. The number of benzene rings is 2. The predicted octanol–water partition coefficient (Wildman–Crippen LogP) is 3.17. The zero-order valence-electron chi connectivity index (χ0n) is 31.6. The van der Waals surface area contributed by atoms with Crippen LogP contribution in [0.4, 0.5) is 5.69 Å². The Hall–Kier alpha value is -5.57. The Kier molecular flexibility index (Phi) is 13.2. The molecule has 15 heteroatoms. The maximum atomic E-state index is 13.3. The van der Waals surface area contributed by atoms with E-state index in [0.29, 0.717) is 48.2 Å². The van der Waals surface area contributed by atoms with Gasteiger partial charge < -0.3 is 24.7 Å². The third-order valence-electron chi connectivity index (χ3n) is 9.69. The van der Waals surface area contributed by atoms with Crippen LogP contribution in [0.15, 0.2) is 41.3 Å². The van der Waals surface area contributed by atoms with Crippen molar-refractivity contribution >= 4 is 35.2 Å². The Morgan fingerprint density at radius 3 is 2.28 bits per heavy atom. The number of nitrogens with one attached hydrogen (secondary N) is 3. The number of hydrogen-bond donors (Lipinski definition) is 3. The summed E-state index contributed by atoms with van der Waals surface area (Å²) in [7, 11) is 6.70. The van der Waals surface area contributed by atoms with Crippen LogP contribution in [0, 0.1) is 6.92 Å². The van der Waals surface area contributed by atoms with Gasteiger partial charge in [-0.1, -0.05) is 31.7 Å². The topological polar surface area (TPSA) is 181 Å². The van der Waals surface area contributed by atoms with E-state index in [1.807, 2.05) is 24.1 Å². The van der Waals surface area contributed by atoms with E-state index in [2.05, 4.69) is 20.9 Å². The Morgan fingerprint density at radius 2 is 1.63 bits per heavy atom. The van der Waals surface area contributed by atoms with Crippen molar-refractivity contribution in [1.29, 1.82) is 0 Å². The van der Waals surface area contributed by atoms with Crippen molar-refractivity contribution in [1.82, 2.24) is 30.0 Å². The molecule has 288 valence electrons. The number of likely N-dealkylation sites (N-methyl/N-ethyl adjacent to an activating group) is 1. The standard InChI is InChI=1S/C39H49N7O8/c1-24-37(50)45(3)22-29(42-24)25-19-31(53-4)27(32(20-25)54-5)21-44(2)23-34(48)41-18-11-9-7-6-8-10-17-40-28-14-12-13-26-35(28)39(52)46(38(26)51)30-15-16-33(47)43-36(30)49/h12-14,19-20,22,30,40H,6-11,15-18,21,23H2,1-5H3,(H,41,48)(H,43,47,49). The molecule has 2 aliphatic rings. The molecule has 5 rings (SSSR count). The van der Waals surface area contributed by atoms with Gasteiger partial charge in [0.1, 0.15) is 23.2 Å². The molecule has 0 radical (unpaired) electrons. The minimum atomic E-state index is -0.995. The summed E-state index contributed by atoms with van der Waals surface area (Å²) in [5, 5.41) is 8.51. The van der Waals surface area contributed by atoms with Gasteiger partial charge in [-0.3, -0.25) is 43.9 Å². The zero-order chi connectivity index (χ0) is 38.9. The smallest absolute Gasteiger partial charge is 0.271 e. The van der Waals surface area contributed by atoms with Crippen molar-refractivity contribution in [2.45, 2.75) is 70.9 Å². The molecule has 54 heavy (non-hydrogen) atoms. The zero-order valence-corrected chi connectivity index (χ0v) is 31.6. The molecule has 2 aromatic carbocycles. The van der Waals surface area contributed by atoms with Gasteiger partial charge in [-0.15, -0.1) is 0 Å². The largest absolute Gasteiger partial charge is 0.496 e. The molecule has 0 bridgehead atoms. The fourth-order valence-corrected chi connectivity index (χ4v) is 6.88. The minimum Gasteiger partial charge on any atom is -0.496 e. The van der Waals surface area contributed by atoms with E-state index in [1.165, 1.54) is 4.57 Å². The lowest BCUT2D eigenvalue weighted by Gasteiger charge is -2.27. The highest BCUT2D eigenvalue weighted by molar-refractivity contribution is 6.25. The molecule has 2 aliphatic heterocycles. The van der Waals surface area contributed by atoms with E-state index in [0.717, 1.165) is 54.6 Å². The minimum absolute atomic E-state index is 0.0733. The molecule has 3 heterocycles. The second kappa shape index (κ2) is 18.0. The summed E-state index contributed by atoms with van der Waals surface area (Å²) in [5.74, 6) is -0.969. The van der Waals surface area contributed by atoms with Crippen molar-refractivity contribution in [3.05, 3.63) is 69.3 Å². The van der Waals surface area contributed by atoms with E-state index in [1.54, 1.807) is 52.6 Å². The average Bonchev–Trinajstić information content (AvgIpc) is 3.40. The van der Waals surface area contributed by atoms with Gasteiger partial charge in [0.15, 0.2) is 0 Å². The first-order chi connectivity index (χ1) is 25.9. The molecular formula is C39H49N7O8. The highest BCUT2D eigenvalue weighted by Crippen LogP contribution is 2.35. The first-order valence-electron chi connectivity index (χ1n) is 18.3. The molecule has 1 saturated heterocycles. The Morgan fingerprint density at radius 1 is 0.963 bits per heavy atom. The van der Waals surface area contributed by atoms with Gasteiger partial charge in [0, 0.05) is 50.6 Å². The molecular weight excluding hydrogens is 694 g/mol. The molecule has 3 N–H and O–H groups in total. The molecule has 1 atom stereocenters. The molecule has 1 aromatic heterocycles. The fourth-order valence-electron chi connectivity index (χ4n) is 6.88. The number of unbranched alkanes of at least 4 members (excludes halogenated alkanes) is 5. The van der Waals surface area contributed by atoms with Crippen LogP contribution in [0.3, 0.4) is 0 Å². The summed E-state index contributed by atoms with van der Waals surface area (Å²) >= 11 is 0. The lowest BCUT2D eigenvalue weighted by Crippen LogP contribution is -2.54. The molecule has 3 aromatic rings. The normalized spacial score (nSPS) is 15.4. The molecule has 1 unspecified atom stereocenters. The second-order valence-corrected chi connectivity index (χ2v) is 13.7. The van der Waals surface area contributed by atoms with Crippen molar-refractivity contribution in [3.8, 4) is 22.8 Å². The number of hydrogen-bond acceptors (Lipinski definition) is 11. The van der Waals surface area contributed by atoms with E-state index >= 15 is 0 Å². The maximum absolute atomic E-state index is 13.3. The number of piperidine rings is 1. The van der Waals surface area contributed by atoms with E-state index in [4.69, 9.17) is 9.47 Å². The Balaban J connectivity index is 0.988. The number of amides is 5. The van der Waals surface area contributed by atoms with Crippen LogP contribution in [0.25, 0.3) is 11.3 Å². The SMILES string of the molecule is COc1cc(-c2cn(C)c(=O)c(C)n2)cc(OC)c1CN(C)CC(=O)NCCCCCCCCNc1cccc2c1C(=O)N(C1CCC(=O)NC1=O)C2=O. The lowest BCUT2D eigenvalue weighted by atomic mass is 10.0. The molecule has 1 fully saturated rings. The summed E-state index contributed by atoms with van der Waals surface area (Å²) in [5.41, 5.74) is 3.48. The van der Waals surface area contributed by atoms with Gasteiger partial charge in [-0.05, 0) is 57.5 Å². The molecule has 15 nitrogen and oxygen atoms in total. The summed E-state index contributed by atoms with van der Waals surface area (Å²) in [4.78, 5) is 82.4. The highest BCUT2D eigenvalue weighted by Gasteiger charge is 2.45. The summed E-state index contributed by atoms with van der Waals surface area (Å²) in [6.07, 6.45) is 7.60. The number of carbonyl (C=O) groups excluding carboxylic acids is 5. The number of methoxy groups -OCH3 is 2. The summed E-state index contributed by atoms with van der Waals surface area (Å²) in [6, 6.07) is 7.77. The van der Waals surface area contributed by atoms with E-state index < -0.39 is 29.7 Å². The van der Waals surface area contributed by atoms with Crippen molar-refractivity contribution < 1.29 is 33.4 Å². The number of aromatic nitrogens is 2.